The van der Waals surface area contributed by atoms with Gasteiger partial charge in [0, 0.05) is 30.3 Å². The van der Waals surface area contributed by atoms with Crippen molar-refractivity contribution >= 4 is 5.69 Å². The Morgan fingerprint density at radius 3 is 2.75 bits per heavy atom. The van der Waals surface area contributed by atoms with Gasteiger partial charge in [0.1, 0.15) is 5.75 Å². The monoisotopic (exact) mass is 226 g/mol. The molecule has 0 aliphatic rings. The minimum absolute atomic E-state index is 0.00336. The molecule has 0 aromatic heterocycles. The van der Waals surface area contributed by atoms with Crippen LogP contribution in [0.4, 0.5) is 5.69 Å². The molecule has 4 N–H and O–H groups in total. The lowest BCUT2D eigenvalue weighted by Gasteiger charge is -2.12. The van der Waals surface area contributed by atoms with Crippen molar-refractivity contribution in [3.63, 3.8) is 0 Å². The first kappa shape index (κ1) is 12.4. The molecular formula is C10H14N2O4. The second kappa shape index (κ2) is 5.43. The summed E-state index contributed by atoms with van der Waals surface area (Å²) >= 11 is 0. The van der Waals surface area contributed by atoms with Crippen molar-refractivity contribution in [2.45, 2.75) is 18.9 Å². The van der Waals surface area contributed by atoms with E-state index in [0.29, 0.717) is 18.4 Å². The van der Waals surface area contributed by atoms with Crippen LogP contribution in [0.5, 0.6) is 5.75 Å². The molecule has 1 atom stereocenters. The maximum absolute atomic E-state index is 10.5. The largest absolute Gasteiger partial charge is 0.508 e. The van der Waals surface area contributed by atoms with Gasteiger partial charge in [-0.25, -0.2) is 0 Å². The van der Waals surface area contributed by atoms with Crippen LogP contribution in [0.1, 0.15) is 24.4 Å². The number of hydrogen-bond acceptors (Lipinski definition) is 5. The number of phenolic OH excluding ortho intramolecular Hbond substituents is 1. The van der Waals surface area contributed by atoms with E-state index in [1.807, 2.05) is 0 Å². The number of nitro benzene ring substituents is 1. The normalized spacial score (nSPS) is 12.4. The number of hydrogen-bond donors (Lipinski definition) is 3. The van der Waals surface area contributed by atoms with Crippen molar-refractivity contribution in [1.29, 1.82) is 0 Å². The van der Waals surface area contributed by atoms with E-state index in [9.17, 15) is 15.2 Å². The van der Waals surface area contributed by atoms with Gasteiger partial charge in [-0.2, -0.15) is 0 Å². The van der Waals surface area contributed by atoms with Crippen LogP contribution in [0, 0.1) is 10.1 Å². The highest BCUT2D eigenvalue weighted by Crippen LogP contribution is 2.29. The predicted octanol–water partition coefficient (Wildman–Crippen LogP) is 1.07. The number of benzene rings is 1. The summed E-state index contributed by atoms with van der Waals surface area (Å²) in [5, 5.41) is 28.7. The molecule has 1 aromatic carbocycles. The summed E-state index contributed by atoms with van der Waals surface area (Å²) < 4.78 is 0. The molecule has 1 aromatic rings. The summed E-state index contributed by atoms with van der Waals surface area (Å²) in [6.45, 7) is 0.00336. The Hall–Kier alpha value is -1.66. The number of nitrogens with two attached hydrogens (primary N) is 1. The fraction of sp³-hybridized carbons (Fsp3) is 0.400. The Balaban J connectivity index is 2.92. The Bertz CT molecular complexity index is 381. The van der Waals surface area contributed by atoms with E-state index in [4.69, 9.17) is 10.8 Å². The number of nitro groups is 1. The fourth-order valence-corrected chi connectivity index (χ4v) is 1.42. The van der Waals surface area contributed by atoms with Crippen LogP contribution in [0.15, 0.2) is 18.2 Å². The molecule has 0 spiro atoms. The number of aliphatic hydroxyl groups excluding tert-OH is 1. The summed E-state index contributed by atoms with van der Waals surface area (Å²) in [5.41, 5.74) is 5.99. The second-order valence-corrected chi connectivity index (χ2v) is 3.47. The fourth-order valence-electron chi connectivity index (χ4n) is 1.42. The Labute approximate surface area is 92.5 Å². The van der Waals surface area contributed by atoms with Crippen LogP contribution >= 0.6 is 0 Å². The van der Waals surface area contributed by atoms with E-state index in [1.165, 1.54) is 18.2 Å². The van der Waals surface area contributed by atoms with E-state index in [0.717, 1.165) is 0 Å². The molecule has 0 aliphatic heterocycles. The van der Waals surface area contributed by atoms with Gasteiger partial charge in [-0.1, -0.05) is 0 Å². The molecule has 1 unspecified atom stereocenters. The first-order chi connectivity index (χ1) is 7.56. The lowest BCUT2D eigenvalue weighted by molar-refractivity contribution is -0.385. The first-order valence-corrected chi connectivity index (χ1v) is 4.90. The van der Waals surface area contributed by atoms with Crippen LogP contribution in [0.2, 0.25) is 0 Å². The molecule has 0 bridgehead atoms. The van der Waals surface area contributed by atoms with Crippen LogP contribution in [0.25, 0.3) is 0 Å². The van der Waals surface area contributed by atoms with E-state index in [1.54, 1.807) is 0 Å². The standard InChI is InChI=1S/C10H14N2O4/c11-9(2-1-5-13)8-6-7(12(15)16)3-4-10(8)14/h3-4,6,9,13-14H,1-2,5,11H2. The van der Waals surface area contributed by atoms with Gasteiger partial charge in [-0.3, -0.25) is 10.1 Å². The zero-order valence-electron chi connectivity index (χ0n) is 8.67. The molecule has 16 heavy (non-hydrogen) atoms. The number of aliphatic hydroxyl groups is 1. The van der Waals surface area contributed by atoms with Gasteiger partial charge < -0.3 is 15.9 Å². The second-order valence-electron chi connectivity index (χ2n) is 3.47. The molecule has 6 nitrogen and oxygen atoms in total. The molecule has 0 aliphatic carbocycles. The summed E-state index contributed by atoms with van der Waals surface area (Å²) in [6.07, 6.45) is 0.953. The maximum atomic E-state index is 10.5. The molecule has 0 radical (unpaired) electrons. The molecule has 0 heterocycles. The minimum atomic E-state index is -0.540. The molecule has 0 saturated carbocycles. The highest BCUT2D eigenvalue weighted by atomic mass is 16.6. The van der Waals surface area contributed by atoms with Crippen LogP contribution in [-0.2, 0) is 0 Å². The molecule has 0 fully saturated rings. The lowest BCUT2D eigenvalue weighted by atomic mass is 10.0. The topological polar surface area (TPSA) is 110 Å². The molecule has 6 heteroatoms. The molecule has 0 amide bonds. The van der Waals surface area contributed by atoms with Gasteiger partial charge in [0.15, 0.2) is 0 Å². The number of nitrogens with zero attached hydrogens (tertiary/aromatic N) is 1. The van der Waals surface area contributed by atoms with Gasteiger partial charge in [0.05, 0.1) is 4.92 Å². The average molecular weight is 226 g/mol. The Morgan fingerprint density at radius 1 is 1.50 bits per heavy atom. The smallest absolute Gasteiger partial charge is 0.270 e. The van der Waals surface area contributed by atoms with Crippen molar-refractivity contribution in [2.75, 3.05) is 6.61 Å². The number of aromatic hydroxyl groups is 1. The SMILES string of the molecule is NC(CCCO)c1cc([N+](=O)[O-])ccc1O. The quantitative estimate of drug-likeness (QED) is 0.514. The third kappa shape index (κ3) is 2.91. The molecule has 1 rings (SSSR count). The third-order valence-electron chi connectivity index (χ3n) is 2.29. The van der Waals surface area contributed by atoms with E-state index in [-0.39, 0.29) is 18.0 Å². The van der Waals surface area contributed by atoms with E-state index in [2.05, 4.69) is 0 Å². The summed E-state index contributed by atoms with van der Waals surface area (Å²) in [6, 6.07) is 3.23. The van der Waals surface area contributed by atoms with E-state index < -0.39 is 11.0 Å². The molecule has 88 valence electrons. The molecular weight excluding hydrogens is 212 g/mol. The van der Waals surface area contributed by atoms with E-state index >= 15 is 0 Å². The van der Waals surface area contributed by atoms with Crippen molar-refractivity contribution < 1.29 is 15.1 Å². The lowest BCUT2D eigenvalue weighted by Crippen LogP contribution is -2.11. The summed E-state index contributed by atoms with van der Waals surface area (Å²) in [5.74, 6) is -0.0592. The average Bonchev–Trinajstić information content (AvgIpc) is 2.26. The van der Waals surface area contributed by atoms with Crippen molar-refractivity contribution in [2.24, 2.45) is 5.73 Å². The van der Waals surface area contributed by atoms with Crippen LogP contribution in [0.3, 0.4) is 0 Å². The predicted molar refractivity (Wildman–Crippen MR) is 58.0 cm³/mol. The van der Waals surface area contributed by atoms with Gasteiger partial charge in [-0.05, 0) is 18.9 Å². The summed E-state index contributed by atoms with van der Waals surface area (Å²) in [4.78, 5) is 10.0. The number of phenols is 1. The first-order valence-electron chi connectivity index (χ1n) is 4.90. The third-order valence-corrected chi connectivity index (χ3v) is 2.29. The summed E-state index contributed by atoms with van der Waals surface area (Å²) in [7, 11) is 0. The van der Waals surface area contributed by atoms with Gasteiger partial charge in [0.2, 0.25) is 0 Å². The zero-order valence-corrected chi connectivity index (χ0v) is 8.67. The highest BCUT2D eigenvalue weighted by Gasteiger charge is 2.15. The zero-order chi connectivity index (χ0) is 12.1. The number of rotatable bonds is 5. The van der Waals surface area contributed by atoms with Gasteiger partial charge in [0.25, 0.3) is 5.69 Å². The van der Waals surface area contributed by atoms with Crippen molar-refractivity contribution in [1.82, 2.24) is 0 Å². The minimum Gasteiger partial charge on any atom is -0.508 e. The maximum Gasteiger partial charge on any atom is 0.270 e. The van der Waals surface area contributed by atoms with Gasteiger partial charge in [-0.15, -0.1) is 0 Å². The Morgan fingerprint density at radius 2 is 2.19 bits per heavy atom. The van der Waals surface area contributed by atoms with Crippen LogP contribution < -0.4 is 5.73 Å². The van der Waals surface area contributed by atoms with Gasteiger partial charge >= 0.3 is 0 Å². The highest BCUT2D eigenvalue weighted by molar-refractivity contribution is 5.44. The van der Waals surface area contributed by atoms with Crippen molar-refractivity contribution in [3.8, 4) is 5.75 Å². The van der Waals surface area contributed by atoms with Crippen molar-refractivity contribution in [3.05, 3.63) is 33.9 Å². The van der Waals surface area contributed by atoms with Crippen LogP contribution in [-0.4, -0.2) is 21.7 Å². The Kier molecular flexibility index (Phi) is 4.21. The number of non-ortho nitro benzene ring substituents is 1. The molecule has 0 saturated heterocycles.